The summed E-state index contributed by atoms with van der Waals surface area (Å²) >= 11 is 1.53. The Morgan fingerprint density at radius 3 is 2.45 bits per heavy atom. The molecule has 0 aliphatic heterocycles. The Balaban J connectivity index is 1.51. The molecule has 9 heteroatoms. The van der Waals surface area contributed by atoms with Gasteiger partial charge >= 0.3 is 5.97 Å². The minimum absolute atomic E-state index is 0.0218. The average molecular weight is 444 g/mol. The van der Waals surface area contributed by atoms with Gasteiger partial charge < -0.3 is 10.1 Å². The van der Waals surface area contributed by atoms with Crippen molar-refractivity contribution in [3.63, 3.8) is 0 Å². The van der Waals surface area contributed by atoms with Gasteiger partial charge in [0, 0.05) is 27.8 Å². The highest BCUT2D eigenvalue weighted by Crippen LogP contribution is 2.22. The fourth-order valence-corrected chi connectivity index (χ4v) is 3.97. The van der Waals surface area contributed by atoms with E-state index in [9.17, 15) is 18.8 Å². The van der Waals surface area contributed by atoms with Crippen LogP contribution in [0.2, 0.25) is 0 Å². The van der Waals surface area contributed by atoms with E-state index in [-0.39, 0.29) is 24.4 Å². The van der Waals surface area contributed by atoms with Gasteiger partial charge in [-0.15, -0.1) is 11.3 Å². The Morgan fingerprint density at radius 2 is 1.81 bits per heavy atom. The van der Waals surface area contributed by atoms with Crippen LogP contribution in [-0.4, -0.2) is 34.0 Å². The number of Topliss-reactive ketones (excluding diaryl/α,β-unsaturated/α-hetero) is 1. The van der Waals surface area contributed by atoms with Gasteiger partial charge in [0.05, 0.1) is 17.8 Å². The van der Waals surface area contributed by atoms with Crippen molar-refractivity contribution < 1.29 is 23.5 Å². The largest absolute Gasteiger partial charge is 0.456 e. The molecule has 0 radical (unpaired) electrons. The Labute approximate surface area is 182 Å². The molecule has 0 spiro atoms. The summed E-state index contributed by atoms with van der Waals surface area (Å²) in [4.78, 5) is 38.4. The lowest BCUT2D eigenvalue weighted by Gasteiger charge is -2.09. The molecule has 1 aromatic carbocycles. The summed E-state index contributed by atoms with van der Waals surface area (Å²) in [5.74, 6) is -1.32. The molecule has 0 unspecified atom stereocenters. The van der Waals surface area contributed by atoms with Crippen molar-refractivity contribution in [3.05, 3.63) is 63.2 Å². The monoisotopic (exact) mass is 443 g/mol. The molecule has 1 amide bonds. The fraction of sp³-hybridized carbons (Fsp3) is 0.273. The number of halogens is 1. The molecule has 2 aromatic heterocycles. The van der Waals surface area contributed by atoms with E-state index in [4.69, 9.17) is 4.74 Å². The number of ketones is 1. The summed E-state index contributed by atoms with van der Waals surface area (Å²) in [5.41, 5.74) is 1.84. The third-order valence-electron chi connectivity index (χ3n) is 4.43. The maximum absolute atomic E-state index is 13.2. The molecular weight excluding hydrogens is 421 g/mol. The number of amides is 1. The molecule has 2 heterocycles. The van der Waals surface area contributed by atoms with Crippen molar-refractivity contribution in [2.45, 2.75) is 33.6 Å². The first-order valence-electron chi connectivity index (χ1n) is 9.61. The number of benzene rings is 1. The van der Waals surface area contributed by atoms with Gasteiger partial charge in [0.2, 0.25) is 0 Å². The smallest absolute Gasteiger partial charge is 0.306 e. The summed E-state index contributed by atoms with van der Waals surface area (Å²) in [5, 5.41) is 6.91. The SMILES string of the molecule is Cc1cc(NC(=O)COC(=O)CCC(=O)c2cc(C)sc2C)n(-c2ccc(F)cc2)n1. The molecule has 1 N–H and O–H groups in total. The van der Waals surface area contributed by atoms with Crippen LogP contribution in [0.4, 0.5) is 10.2 Å². The minimum Gasteiger partial charge on any atom is -0.456 e. The number of aryl methyl sites for hydroxylation is 3. The van der Waals surface area contributed by atoms with Crippen LogP contribution in [-0.2, 0) is 14.3 Å². The van der Waals surface area contributed by atoms with Crippen molar-refractivity contribution in [2.75, 3.05) is 11.9 Å². The summed E-state index contributed by atoms with van der Waals surface area (Å²) in [7, 11) is 0. The zero-order valence-electron chi connectivity index (χ0n) is 17.4. The van der Waals surface area contributed by atoms with Crippen LogP contribution in [0.3, 0.4) is 0 Å². The number of ether oxygens (including phenoxy) is 1. The lowest BCUT2D eigenvalue weighted by atomic mass is 10.1. The predicted molar refractivity (Wildman–Crippen MR) is 115 cm³/mol. The summed E-state index contributed by atoms with van der Waals surface area (Å²) in [6.07, 6.45) is -0.0823. The lowest BCUT2D eigenvalue weighted by Crippen LogP contribution is -2.22. The second-order valence-corrected chi connectivity index (χ2v) is 8.48. The first-order chi connectivity index (χ1) is 14.7. The molecule has 0 fully saturated rings. The van der Waals surface area contributed by atoms with Crippen molar-refractivity contribution >= 4 is 34.8 Å². The summed E-state index contributed by atoms with van der Waals surface area (Å²) in [6, 6.07) is 9.11. The zero-order valence-corrected chi connectivity index (χ0v) is 18.2. The molecule has 0 atom stereocenters. The Morgan fingerprint density at radius 1 is 1.10 bits per heavy atom. The molecule has 3 aromatic rings. The summed E-state index contributed by atoms with van der Waals surface area (Å²) < 4.78 is 19.6. The van der Waals surface area contributed by atoms with E-state index in [0.717, 1.165) is 9.75 Å². The number of esters is 1. The van der Waals surface area contributed by atoms with Gasteiger partial charge in [-0.05, 0) is 51.1 Å². The molecule has 162 valence electrons. The number of carbonyl (C=O) groups excluding carboxylic acids is 3. The van der Waals surface area contributed by atoms with E-state index in [1.165, 1.54) is 40.3 Å². The predicted octanol–water partition coefficient (Wildman–Crippen LogP) is 4.14. The molecule has 0 saturated carbocycles. The van der Waals surface area contributed by atoms with E-state index >= 15 is 0 Å². The van der Waals surface area contributed by atoms with Gasteiger partial charge in [-0.1, -0.05) is 0 Å². The molecule has 7 nitrogen and oxygen atoms in total. The maximum atomic E-state index is 13.2. The van der Waals surface area contributed by atoms with Crippen LogP contribution in [0.5, 0.6) is 0 Å². The molecule has 0 aliphatic carbocycles. The van der Waals surface area contributed by atoms with Gasteiger partial charge in [-0.2, -0.15) is 5.10 Å². The number of nitrogens with one attached hydrogen (secondary N) is 1. The van der Waals surface area contributed by atoms with Crippen LogP contribution >= 0.6 is 11.3 Å². The van der Waals surface area contributed by atoms with Crippen molar-refractivity contribution in [1.29, 1.82) is 0 Å². The first-order valence-corrected chi connectivity index (χ1v) is 10.4. The Bertz CT molecular complexity index is 1120. The molecule has 0 aliphatic rings. The van der Waals surface area contributed by atoms with E-state index in [2.05, 4.69) is 10.4 Å². The van der Waals surface area contributed by atoms with Gasteiger partial charge in [-0.25, -0.2) is 9.07 Å². The van der Waals surface area contributed by atoms with Crippen LogP contribution < -0.4 is 5.32 Å². The number of carbonyl (C=O) groups is 3. The number of anilines is 1. The van der Waals surface area contributed by atoms with E-state index < -0.39 is 18.5 Å². The topological polar surface area (TPSA) is 90.3 Å². The minimum atomic E-state index is -0.628. The van der Waals surface area contributed by atoms with Crippen LogP contribution in [0.25, 0.3) is 5.69 Å². The van der Waals surface area contributed by atoms with E-state index in [1.807, 2.05) is 19.9 Å². The van der Waals surface area contributed by atoms with Crippen molar-refractivity contribution in [1.82, 2.24) is 9.78 Å². The van der Waals surface area contributed by atoms with Crippen LogP contribution in [0.15, 0.2) is 36.4 Å². The number of aromatic nitrogens is 2. The van der Waals surface area contributed by atoms with Gasteiger partial charge in [-0.3, -0.25) is 14.4 Å². The van der Waals surface area contributed by atoms with Crippen molar-refractivity contribution in [2.24, 2.45) is 0 Å². The third kappa shape index (κ3) is 5.85. The normalized spacial score (nSPS) is 10.7. The van der Waals surface area contributed by atoms with E-state index in [1.54, 1.807) is 13.0 Å². The number of rotatable bonds is 8. The van der Waals surface area contributed by atoms with Gasteiger partial charge in [0.15, 0.2) is 12.4 Å². The van der Waals surface area contributed by atoms with Crippen LogP contribution in [0.1, 0.15) is 38.6 Å². The fourth-order valence-electron chi connectivity index (χ4n) is 3.02. The highest BCUT2D eigenvalue weighted by atomic mass is 32.1. The van der Waals surface area contributed by atoms with E-state index in [0.29, 0.717) is 22.8 Å². The number of hydrogen-bond donors (Lipinski definition) is 1. The van der Waals surface area contributed by atoms with Gasteiger partial charge in [0.1, 0.15) is 11.6 Å². The molecule has 0 saturated heterocycles. The standard InChI is InChI=1S/C22H22FN3O4S/c1-13-10-20(26(25-13)17-6-4-16(23)5-7-17)24-21(28)12-30-22(29)9-8-19(27)18-11-14(2)31-15(18)3/h4-7,10-11H,8-9,12H2,1-3H3,(H,24,28). The number of hydrogen-bond acceptors (Lipinski definition) is 6. The Hall–Kier alpha value is -3.33. The second-order valence-electron chi connectivity index (χ2n) is 7.02. The highest BCUT2D eigenvalue weighted by Gasteiger charge is 2.16. The zero-order chi connectivity index (χ0) is 22.5. The summed E-state index contributed by atoms with van der Waals surface area (Å²) in [6.45, 7) is 5.05. The number of nitrogens with zero attached hydrogens (tertiary/aromatic N) is 2. The first kappa shape index (κ1) is 22.4. The van der Waals surface area contributed by atoms with Crippen LogP contribution in [0, 0.1) is 26.6 Å². The average Bonchev–Trinajstić information content (AvgIpc) is 3.25. The second kappa shape index (κ2) is 9.65. The van der Waals surface area contributed by atoms with Gasteiger partial charge in [0.25, 0.3) is 5.91 Å². The molecule has 0 bridgehead atoms. The highest BCUT2D eigenvalue weighted by molar-refractivity contribution is 7.12. The lowest BCUT2D eigenvalue weighted by molar-refractivity contribution is -0.147. The molecule has 3 rings (SSSR count). The van der Waals surface area contributed by atoms with Crippen molar-refractivity contribution in [3.8, 4) is 5.69 Å². The molecular formula is C22H22FN3O4S. The quantitative estimate of drug-likeness (QED) is 0.417. The third-order valence-corrected chi connectivity index (χ3v) is 5.40. The molecule has 31 heavy (non-hydrogen) atoms. The Kier molecular flexibility index (Phi) is 6.96. The number of thiophene rings is 1. The maximum Gasteiger partial charge on any atom is 0.306 e.